The minimum Gasteiger partial charge on any atom is -0.383 e. The summed E-state index contributed by atoms with van der Waals surface area (Å²) in [5.41, 5.74) is 0. The minimum absolute atomic E-state index is 0.0357. The Bertz CT molecular complexity index is 352. The fraction of sp³-hybridized carbons (Fsp3) is 0.545. The molecule has 0 aliphatic rings. The number of hydrogen-bond donors (Lipinski definition) is 1. The van der Waals surface area contributed by atoms with E-state index < -0.39 is 0 Å². The predicted molar refractivity (Wildman–Crippen MR) is 70.0 cm³/mol. The molecule has 0 radical (unpaired) electrons. The molecule has 1 unspecified atom stereocenters. The van der Waals surface area contributed by atoms with Crippen molar-refractivity contribution in [1.29, 1.82) is 0 Å². The number of thiophene rings is 1. The van der Waals surface area contributed by atoms with Gasteiger partial charge in [0.15, 0.2) is 0 Å². The third kappa shape index (κ3) is 3.88. The van der Waals surface area contributed by atoms with Gasteiger partial charge in [-0.25, -0.2) is 0 Å². The van der Waals surface area contributed by atoms with Gasteiger partial charge in [-0.1, -0.05) is 13.8 Å². The van der Waals surface area contributed by atoms with Crippen molar-refractivity contribution in [3.63, 3.8) is 0 Å². The monoisotopic (exact) mass is 305 g/mol. The van der Waals surface area contributed by atoms with Gasteiger partial charge in [0.2, 0.25) is 0 Å². The van der Waals surface area contributed by atoms with Crippen molar-refractivity contribution in [1.82, 2.24) is 5.32 Å². The van der Waals surface area contributed by atoms with Crippen LogP contribution in [-0.4, -0.2) is 25.7 Å². The lowest BCUT2D eigenvalue weighted by molar-refractivity contribution is 0.0870. The molecular weight excluding hydrogens is 290 g/mol. The highest BCUT2D eigenvalue weighted by molar-refractivity contribution is 9.11. The van der Waals surface area contributed by atoms with Crippen molar-refractivity contribution < 1.29 is 9.53 Å². The zero-order chi connectivity index (χ0) is 12.1. The summed E-state index contributed by atoms with van der Waals surface area (Å²) in [6.07, 6.45) is 0. The van der Waals surface area contributed by atoms with Crippen LogP contribution in [-0.2, 0) is 4.74 Å². The standard InChI is InChI=1S/C11H16BrNO2S/c1-7(2)8(6-15-3)13-11(14)9-4-5-10(12)16-9/h4-5,7-8H,6H2,1-3H3,(H,13,14). The number of rotatable bonds is 5. The molecule has 0 saturated carbocycles. The van der Waals surface area contributed by atoms with Crippen molar-refractivity contribution in [2.45, 2.75) is 19.9 Å². The zero-order valence-corrected chi connectivity index (χ0v) is 12.0. The third-order valence-electron chi connectivity index (χ3n) is 2.26. The molecule has 1 rings (SSSR count). The lowest BCUT2D eigenvalue weighted by atomic mass is 10.1. The number of carbonyl (C=O) groups is 1. The van der Waals surface area contributed by atoms with Crippen LogP contribution in [0.25, 0.3) is 0 Å². The normalized spacial score (nSPS) is 12.8. The minimum atomic E-state index is -0.0357. The second-order valence-corrected chi connectivity index (χ2v) is 6.35. The lowest BCUT2D eigenvalue weighted by Crippen LogP contribution is -2.41. The van der Waals surface area contributed by atoms with E-state index in [9.17, 15) is 4.79 Å². The van der Waals surface area contributed by atoms with E-state index in [4.69, 9.17) is 4.74 Å². The van der Waals surface area contributed by atoms with Crippen molar-refractivity contribution in [2.75, 3.05) is 13.7 Å². The van der Waals surface area contributed by atoms with Crippen LogP contribution in [0.5, 0.6) is 0 Å². The van der Waals surface area contributed by atoms with Crippen molar-refractivity contribution in [3.8, 4) is 0 Å². The Morgan fingerprint density at radius 1 is 1.56 bits per heavy atom. The maximum absolute atomic E-state index is 11.9. The summed E-state index contributed by atoms with van der Waals surface area (Å²) in [6, 6.07) is 3.74. The molecule has 1 aromatic rings. The van der Waals surface area contributed by atoms with Gasteiger partial charge in [-0.2, -0.15) is 0 Å². The molecule has 0 aromatic carbocycles. The van der Waals surface area contributed by atoms with Crippen molar-refractivity contribution >= 4 is 33.2 Å². The second-order valence-electron chi connectivity index (χ2n) is 3.88. The van der Waals surface area contributed by atoms with Gasteiger partial charge < -0.3 is 10.1 Å². The summed E-state index contributed by atoms with van der Waals surface area (Å²) < 4.78 is 6.05. The second kappa shape index (κ2) is 6.37. The number of hydrogen-bond acceptors (Lipinski definition) is 3. The third-order valence-corrected chi connectivity index (χ3v) is 3.89. The maximum atomic E-state index is 11.9. The van der Waals surface area contributed by atoms with Gasteiger partial charge >= 0.3 is 0 Å². The number of ether oxygens (including phenoxy) is 1. The molecule has 0 saturated heterocycles. The molecule has 1 aromatic heterocycles. The molecule has 0 aliphatic heterocycles. The fourth-order valence-corrected chi connectivity index (χ4v) is 2.55. The van der Waals surface area contributed by atoms with Gasteiger partial charge in [0, 0.05) is 7.11 Å². The summed E-state index contributed by atoms with van der Waals surface area (Å²) >= 11 is 4.77. The fourth-order valence-electron chi connectivity index (χ4n) is 1.26. The van der Waals surface area contributed by atoms with E-state index in [1.54, 1.807) is 7.11 Å². The Labute approximate surface area is 108 Å². The molecule has 0 fully saturated rings. The first-order valence-electron chi connectivity index (χ1n) is 5.09. The highest BCUT2D eigenvalue weighted by Gasteiger charge is 2.17. The van der Waals surface area contributed by atoms with E-state index in [1.165, 1.54) is 11.3 Å². The molecule has 90 valence electrons. The summed E-state index contributed by atoms with van der Waals surface area (Å²) in [5.74, 6) is 0.318. The van der Waals surface area contributed by atoms with Gasteiger partial charge in [0.1, 0.15) is 0 Å². The van der Waals surface area contributed by atoms with E-state index in [0.717, 1.165) is 3.79 Å². The lowest BCUT2D eigenvalue weighted by Gasteiger charge is -2.21. The maximum Gasteiger partial charge on any atom is 0.261 e. The van der Waals surface area contributed by atoms with Crippen LogP contribution in [0.15, 0.2) is 15.9 Å². The smallest absolute Gasteiger partial charge is 0.261 e. The van der Waals surface area contributed by atoms with E-state index in [1.807, 2.05) is 12.1 Å². The number of halogens is 1. The first kappa shape index (κ1) is 13.7. The zero-order valence-electron chi connectivity index (χ0n) is 9.62. The molecule has 0 spiro atoms. The van der Waals surface area contributed by atoms with Crippen LogP contribution in [0, 0.1) is 5.92 Å². The molecule has 1 atom stereocenters. The first-order chi connectivity index (χ1) is 7.54. The highest BCUT2D eigenvalue weighted by atomic mass is 79.9. The first-order valence-corrected chi connectivity index (χ1v) is 6.70. The van der Waals surface area contributed by atoms with E-state index >= 15 is 0 Å². The average Bonchev–Trinajstić information content (AvgIpc) is 2.64. The van der Waals surface area contributed by atoms with Crippen molar-refractivity contribution in [3.05, 3.63) is 20.8 Å². The highest BCUT2D eigenvalue weighted by Crippen LogP contribution is 2.22. The Morgan fingerprint density at radius 3 is 2.69 bits per heavy atom. The average molecular weight is 306 g/mol. The largest absolute Gasteiger partial charge is 0.383 e. The molecule has 5 heteroatoms. The molecule has 0 bridgehead atoms. The van der Waals surface area contributed by atoms with Crippen LogP contribution in [0.3, 0.4) is 0 Å². The topological polar surface area (TPSA) is 38.3 Å². The summed E-state index contributed by atoms with van der Waals surface area (Å²) in [7, 11) is 1.64. The number of amides is 1. The van der Waals surface area contributed by atoms with Gasteiger partial charge in [0.25, 0.3) is 5.91 Å². The number of carbonyl (C=O) groups excluding carboxylic acids is 1. The molecule has 3 nitrogen and oxygen atoms in total. The summed E-state index contributed by atoms with van der Waals surface area (Å²) in [4.78, 5) is 12.6. The SMILES string of the molecule is COCC(NC(=O)c1ccc(Br)s1)C(C)C. The van der Waals surface area contributed by atoms with Crippen LogP contribution in [0.4, 0.5) is 0 Å². The van der Waals surface area contributed by atoms with Crippen molar-refractivity contribution in [2.24, 2.45) is 5.92 Å². The quantitative estimate of drug-likeness (QED) is 0.908. The molecule has 1 N–H and O–H groups in total. The predicted octanol–water partition coefficient (Wildman–Crippen LogP) is 2.91. The van der Waals surface area contributed by atoms with Crippen LogP contribution in [0.1, 0.15) is 23.5 Å². The molecule has 16 heavy (non-hydrogen) atoms. The van der Waals surface area contributed by atoms with Crippen LogP contribution < -0.4 is 5.32 Å². The van der Waals surface area contributed by atoms with E-state index in [0.29, 0.717) is 17.4 Å². The van der Waals surface area contributed by atoms with Crippen LogP contribution >= 0.6 is 27.3 Å². The van der Waals surface area contributed by atoms with Gasteiger partial charge in [-0.15, -0.1) is 11.3 Å². The molecule has 0 aliphatic carbocycles. The Morgan fingerprint density at radius 2 is 2.25 bits per heavy atom. The Balaban J connectivity index is 2.61. The van der Waals surface area contributed by atoms with E-state index in [2.05, 4.69) is 35.1 Å². The summed E-state index contributed by atoms with van der Waals surface area (Å²) in [6.45, 7) is 4.67. The molecular formula is C11H16BrNO2S. The number of nitrogens with one attached hydrogen (secondary N) is 1. The van der Waals surface area contributed by atoms with Gasteiger partial charge in [-0.3, -0.25) is 4.79 Å². The Kier molecular flexibility index (Phi) is 5.44. The van der Waals surface area contributed by atoms with E-state index in [-0.39, 0.29) is 11.9 Å². The Hall–Kier alpha value is -0.390. The van der Waals surface area contributed by atoms with Gasteiger partial charge in [0.05, 0.1) is 21.3 Å². The molecule has 1 heterocycles. The summed E-state index contributed by atoms with van der Waals surface area (Å²) in [5, 5.41) is 2.97. The molecule has 1 amide bonds. The van der Waals surface area contributed by atoms with Gasteiger partial charge in [-0.05, 0) is 34.0 Å². The van der Waals surface area contributed by atoms with Crippen LogP contribution in [0.2, 0.25) is 0 Å². The number of methoxy groups -OCH3 is 1.